The summed E-state index contributed by atoms with van der Waals surface area (Å²) in [5, 5.41) is 7.94. The van der Waals surface area contributed by atoms with Crippen molar-refractivity contribution >= 4 is 32.3 Å². The largest absolute Gasteiger partial charge is 0.212 e. The van der Waals surface area contributed by atoms with E-state index in [2.05, 4.69) is 104 Å². The third-order valence-corrected chi connectivity index (χ3v) is 5.48. The quantitative estimate of drug-likeness (QED) is 0.263. The molecule has 1 heteroatoms. The highest BCUT2D eigenvalue weighted by atomic mass is 14.9. The van der Waals surface area contributed by atoms with Crippen LogP contribution >= 0.6 is 0 Å². The average Bonchev–Trinajstić information content (AvgIpc) is 2.68. The van der Waals surface area contributed by atoms with Crippen molar-refractivity contribution in [2.24, 2.45) is 7.05 Å². The highest BCUT2D eigenvalue weighted by molar-refractivity contribution is 6.21. The van der Waals surface area contributed by atoms with Crippen LogP contribution in [0.25, 0.3) is 43.6 Å². The Hall–Kier alpha value is -3.19. The molecule has 0 amide bonds. The monoisotopic (exact) mass is 334 g/mol. The van der Waals surface area contributed by atoms with Crippen molar-refractivity contribution in [2.75, 3.05) is 0 Å². The van der Waals surface area contributed by atoms with Gasteiger partial charge in [-0.3, -0.25) is 0 Å². The zero-order chi connectivity index (χ0) is 17.7. The van der Waals surface area contributed by atoms with Crippen LogP contribution in [-0.2, 0) is 7.05 Å². The van der Waals surface area contributed by atoms with E-state index in [-0.39, 0.29) is 0 Å². The summed E-state index contributed by atoms with van der Waals surface area (Å²) in [4.78, 5) is 0. The van der Waals surface area contributed by atoms with E-state index in [1.165, 1.54) is 49.1 Å². The zero-order valence-electron chi connectivity index (χ0n) is 15.0. The van der Waals surface area contributed by atoms with Crippen molar-refractivity contribution in [3.05, 3.63) is 90.6 Å². The standard InChI is InChI=1S/C25H20N/c1-17-21(23-9-5-6-16-26(23)2)15-14-19-12-13-20-11-10-18-7-3-4-8-22(18)25(20)24(17)19/h3-16H,1-2H3/q+1. The Morgan fingerprint density at radius 3 is 2.08 bits per heavy atom. The minimum atomic E-state index is 1.24. The van der Waals surface area contributed by atoms with Gasteiger partial charge in [0.2, 0.25) is 5.69 Å². The molecule has 0 radical (unpaired) electrons. The Kier molecular flexibility index (Phi) is 3.29. The molecule has 0 aliphatic carbocycles. The van der Waals surface area contributed by atoms with Crippen LogP contribution in [0, 0.1) is 6.92 Å². The molecule has 1 heterocycles. The van der Waals surface area contributed by atoms with E-state index in [1.807, 2.05) is 0 Å². The van der Waals surface area contributed by atoms with Gasteiger partial charge >= 0.3 is 0 Å². The van der Waals surface area contributed by atoms with Crippen molar-refractivity contribution in [1.82, 2.24) is 0 Å². The minimum absolute atomic E-state index is 1.24. The van der Waals surface area contributed by atoms with Crippen LogP contribution in [0.5, 0.6) is 0 Å². The molecule has 0 aliphatic heterocycles. The van der Waals surface area contributed by atoms with Crippen molar-refractivity contribution < 1.29 is 4.57 Å². The van der Waals surface area contributed by atoms with Crippen LogP contribution in [-0.4, -0.2) is 0 Å². The fourth-order valence-electron chi connectivity index (χ4n) is 4.17. The molecule has 0 atom stereocenters. The van der Waals surface area contributed by atoms with Crippen LogP contribution < -0.4 is 4.57 Å². The summed E-state index contributed by atoms with van der Waals surface area (Å²) in [7, 11) is 2.11. The molecule has 0 saturated carbocycles. The molecule has 0 bridgehead atoms. The van der Waals surface area contributed by atoms with Crippen molar-refractivity contribution in [2.45, 2.75) is 6.92 Å². The molecule has 0 fully saturated rings. The Morgan fingerprint density at radius 2 is 1.27 bits per heavy atom. The Bertz CT molecular complexity index is 1290. The molecule has 0 aliphatic rings. The predicted molar refractivity (Wildman–Crippen MR) is 110 cm³/mol. The van der Waals surface area contributed by atoms with Gasteiger partial charge in [-0.25, -0.2) is 4.57 Å². The van der Waals surface area contributed by atoms with Gasteiger partial charge in [0.25, 0.3) is 0 Å². The molecule has 0 unspecified atom stereocenters. The highest BCUT2D eigenvalue weighted by Gasteiger charge is 2.15. The van der Waals surface area contributed by atoms with E-state index in [0.29, 0.717) is 0 Å². The molecule has 1 nitrogen and oxygen atoms in total. The number of aryl methyl sites for hydroxylation is 2. The van der Waals surface area contributed by atoms with Crippen LogP contribution in [0.15, 0.2) is 85.1 Å². The van der Waals surface area contributed by atoms with Gasteiger partial charge < -0.3 is 0 Å². The van der Waals surface area contributed by atoms with E-state index < -0.39 is 0 Å². The van der Waals surface area contributed by atoms with Crippen LogP contribution in [0.1, 0.15) is 5.56 Å². The van der Waals surface area contributed by atoms with Crippen LogP contribution in [0.4, 0.5) is 0 Å². The third-order valence-electron chi connectivity index (χ3n) is 5.48. The summed E-state index contributed by atoms with van der Waals surface area (Å²) in [5.74, 6) is 0. The minimum Gasteiger partial charge on any atom is -0.201 e. The number of hydrogen-bond donors (Lipinski definition) is 0. The Morgan fingerprint density at radius 1 is 0.615 bits per heavy atom. The Labute approximate surface area is 153 Å². The lowest BCUT2D eigenvalue weighted by Gasteiger charge is -2.13. The second-order valence-electron chi connectivity index (χ2n) is 6.98. The first-order valence-electron chi connectivity index (χ1n) is 9.03. The predicted octanol–water partition coefficient (Wildman–Crippen LogP) is 5.95. The molecule has 0 spiro atoms. The fourth-order valence-corrected chi connectivity index (χ4v) is 4.17. The number of fused-ring (bicyclic) bond motifs is 5. The van der Waals surface area contributed by atoms with Crippen molar-refractivity contribution in [3.8, 4) is 11.3 Å². The summed E-state index contributed by atoms with van der Waals surface area (Å²) in [5.41, 5.74) is 3.87. The van der Waals surface area contributed by atoms with Gasteiger partial charge in [-0.1, -0.05) is 54.6 Å². The van der Waals surface area contributed by atoms with Crippen LogP contribution in [0.2, 0.25) is 0 Å². The normalized spacial score (nSPS) is 11.5. The summed E-state index contributed by atoms with van der Waals surface area (Å²) in [6.07, 6.45) is 2.11. The smallest absolute Gasteiger partial charge is 0.201 e. The van der Waals surface area contributed by atoms with Gasteiger partial charge in [0.1, 0.15) is 7.05 Å². The topological polar surface area (TPSA) is 3.88 Å². The number of hydrogen-bond acceptors (Lipinski definition) is 0. The molecule has 0 saturated heterocycles. The first kappa shape index (κ1) is 15.1. The molecule has 124 valence electrons. The molecular weight excluding hydrogens is 314 g/mol. The second-order valence-corrected chi connectivity index (χ2v) is 6.98. The number of nitrogens with zero attached hydrogens (tertiary/aromatic N) is 1. The van der Waals surface area contributed by atoms with Crippen molar-refractivity contribution in [3.63, 3.8) is 0 Å². The van der Waals surface area contributed by atoms with Crippen LogP contribution in [0.3, 0.4) is 0 Å². The lowest BCUT2D eigenvalue weighted by atomic mass is 9.91. The molecule has 5 aromatic rings. The van der Waals surface area contributed by atoms with E-state index in [1.54, 1.807) is 0 Å². The van der Waals surface area contributed by atoms with E-state index in [4.69, 9.17) is 0 Å². The van der Waals surface area contributed by atoms with Gasteiger partial charge in [0.05, 0.1) is 0 Å². The zero-order valence-corrected chi connectivity index (χ0v) is 15.0. The third kappa shape index (κ3) is 2.14. The van der Waals surface area contributed by atoms with Gasteiger partial charge in [-0.15, -0.1) is 0 Å². The lowest BCUT2D eigenvalue weighted by Crippen LogP contribution is -2.30. The molecule has 1 aromatic heterocycles. The maximum Gasteiger partial charge on any atom is 0.212 e. The van der Waals surface area contributed by atoms with E-state index >= 15 is 0 Å². The van der Waals surface area contributed by atoms with Gasteiger partial charge in [0, 0.05) is 17.7 Å². The molecule has 5 rings (SSSR count). The van der Waals surface area contributed by atoms with Gasteiger partial charge in [-0.05, 0) is 56.9 Å². The van der Waals surface area contributed by atoms with Gasteiger partial charge in [-0.2, -0.15) is 0 Å². The Balaban J connectivity index is 1.99. The molecule has 0 N–H and O–H groups in total. The van der Waals surface area contributed by atoms with E-state index in [9.17, 15) is 0 Å². The number of aromatic nitrogens is 1. The first-order valence-corrected chi connectivity index (χ1v) is 9.03. The number of benzene rings is 4. The highest BCUT2D eigenvalue weighted by Crippen LogP contribution is 2.36. The van der Waals surface area contributed by atoms with E-state index in [0.717, 1.165) is 0 Å². The molecule has 4 aromatic carbocycles. The summed E-state index contributed by atoms with van der Waals surface area (Å²) < 4.78 is 2.19. The number of pyridine rings is 1. The fraction of sp³-hybridized carbons (Fsp3) is 0.0800. The molecule has 26 heavy (non-hydrogen) atoms. The summed E-state index contributed by atoms with van der Waals surface area (Å²) >= 11 is 0. The summed E-state index contributed by atoms with van der Waals surface area (Å²) in [6.45, 7) is 2.26. The number of rotatable bonds is 1. The SMILES string of the molecule is Cc1c(-c2cccc[n+]2C)ccc2ccc3ccc4ccccc4c3c12. The van der Waals surface area contributed by atoms with Crippen molar-refractivity contribution in [1.29, 1.82) is 0 Å². The molecular formula is C25H20N+. The van der Waals surface area contributed by atoms with Gasteiger partial charge in [0.15, 0.2) is 6.20 Å². The first-order chi connectivity index (χ1) is 12.7. The second kappa shape index (κ2) is 5.67. The maximum absolute atomic E-state index is 2.26. The summed E-state index contributed by atoms with van der Waals surface area (Å²) in [6, 6.07) is 28.5. The average molecular weight is 334 g/mol. The lowest BCUT2D eigenvalue weighted by molar-refractivity contribution is -0.660. The maximum atomic E-state index is 2.26.